The molecule has 0 atom stereocenters. The standard InChI is InChI=1S/C9H10ClN3/c1-7-2-3-8(9(10)6-7)4-5-12-13-11/h2-3,6H,4-5H2,1H3. The monoisotopic (exact) mass is 195 g/mol. The average molecular weight is 196 g/mol. The normalized spacial score (nSPS) is 9.38. The van der Waals surface area contributed by atoms with Crippen LogP contribution in [0.15, 0.2) is 23.3 Å². The highest BCUT2D eigenvalue weighted by Crippen LogP contribution is 2.17. The van der Waals surface area contributed by atoms with Crippen molar-refractivity contribution in [2.75, 3.05) is 6.54 Å². The molecule has 0 radical (unpaired) electrons. The van der Waals surface area contributed by atoms with Crippen molar-refractivity contribution in [3.8, 4) is 0 Å². The van der Waals surface area contributed by atoms with Gasteiger partial charge in [-0.15, -0.1) is 0 Å². The summed E-state index contributed by atoms with van der Waals surface area (Å²) >= 11 is 5.97. The van der Waals surface area contributed by atoms with E-state index in [1.165, 1.54) is 0 Å². The first-order valence-electron chi connectivity index (χ1n) is 4.00. The average Bonchev–Trinajstić information content (AvgIpc) is 2.09. The second-order valence-electron chi connectivity index (χ2n) is 2.80. The highest BCUT2D eigenvalue weighted by molar-refractivity contribution is 6.31. The molecule has 1 aromatic rings. The van der Waals surface area contributed by atoms with E-state index in [0.717, 1.165) is 16.1 Å². The van der Waals surface area contributed by atoms with Crippen molar-refractivity contribution >= 4 is 11.6 Å². The van der Waals surface area contributed by atoms with E-state index in [1.807, 2.05) is 25.1 Å². The lowest BCUT2D eigenvalue weighted by Crippen LogP contribution is -1.90. The molecule has 4 heteroatoms. The lowest BCUT2D eigenvalue weighted by Gasteiger charge is -2.02. The third-order valence-electron chi connectivity index (χ3n) is 1.75. The van der Waals surface area contributed by atoms with Crippen LogP contribution in [-0.2, 0) is 6.42 Å². The van der Waals surface area contributed by atoms with Crippen molar-refractivity contribution in [2.24, 2.45) is 5.11 Å². The summed E-state index contributed by atoms with van der Waals surface area (Å²) in [6.07, 6.45) is 0.698. The fourth-order valence-electron chi connectivity index (χ4n) is 1.07. The number of halogens is 1. The van der Waals surface area contributed by atoms with Gasteiger partial charge in [0.2, 0.25) is 0 Å². The molecular formula is C9H10ClN3. The maximum absolute atomic E-state index is 8.08. The fourth-order valence-corrected chi connectivity index (χ4v) is 1.40. The van der Waals surface area contributed by atoms with E-state index in [2.05, 4.69) is 10.0 Å². The van der Waals surface area contributed by atoms with Crippen LogP contribution < -0.4 is 0 Å². The molecule has 0 aromatic heterocycles. The molecular weight excluding hydrogens is 186 g/mol. The summed E-state index contributed by atoms with van der Waals surface area (Å²) in [5.41, 5.74) is 10.2. The number of aryl methyl sites for hydroxylation is 1. The number of rotatable bonds is 3. The number of azide groups is 1. The summed E-state index contributed by atoms with van der Waals surface area (Å²) in [5, 5.41) is 4.20. The van der Waals surface area contributed by atoms with Crippen molar-refractivity contribution in [1.29, 1.82) is 0 Å². The van der Waals surface area contributed by atoms with Crippen LogP contribution in [0.2, 0.25) is 5.02 Å². The van der Waals surface area contributed by atoms with Crippen molar-refractivity contribution < 1.29 is 0 Å². The van der Waals surface area contributed by atoms with Crippen LogP contribution in [0.25, 0.3) is 10.4 Å². The van der Waals surface area contributed by atoms with Crippen molar-refractivity contribution in [2.45, 2.75) is 13.3 Å². The molecule has 3 nitrogen and oxygen atoms in total. The van der Waals surface area contributed by atoms with Gasteiger partial charge in [0.05, 0.1) is 0 Å². The van der Waals surface area contributed by atoms with Crippen LogP contribution >= 0.6 is 11.6 Å². The van der Waals surface area contributed by atoms with Crippen LogP contribution in [0.4, 0.5) is 0 Å². The van der Waals surface area contributed by atoms with Crippen LogP contribution in [0.5, 0.6) is 0 Å². The molecule has 0 N–H and O–H groups in total. The number of hydrogen-bond acceptors (Lipinski definition) is 1. The topological polar surface area (TPSA) is 48.8 Å². The maximum Gasteiger partial charge on any atom is 0.0440 e. The Balaban J connectivity index is 2.71. The summed E-state index contributed by atoms with van der Waals surface area (Å²) in [6.45, 7) is 2.45. The molecule has 0 saturated carbocycles. The molecule has 68 valence electrons. The van der Waals surface area contributed by atoms with Crippen molar-refractivity contribution in [1.82, 2.24) is 0 Å². The fraction of sp³-hybridized carbons (Fsp3) is 0.333. The zero-order valence-corrected chi connectivity index (χ0v) is 8.12. The van der Waals surface area contributed by atoms with Gasteiger partial charge < -0.3 is 0 Å². The molecule has 0 spiro atoms. The largest absolute Gasteiger partial charge is 0.0936 e. The minimum absolute atomic E-state index is 0.458. The van der Waals surface area contributed by atoms with Crippen LogP contribution in [-0.4, -0.2) is 6.54 Å². The smallest absolute Gasteiger partial charge is 0.0440 e. The Morgan fingerprint density at radius 2 is 2.31 bits per heavy atom. The van der Waals surface area contributed by atoms with Gasteiger partial charge in [-0.3, -0.25) is 0 Å². The number of hydrogen-bond donors (Lipinski definition) is 0. The van der Waals surface area contributed by atoms with Gasteiger partial charge in [0.25, 0.3) is 0 Å². The van der Waals surface area contributed by atoms with E-state index in [9.17, 15) is 0 Å². The van der Waals surface area contributed by atoms with Gasteiger partial charge >= 0.3 is 0 Å². The first-order chi connectivity index (χ1) is 6.24. The Morgan fingerprint density at radius 1 is 1.54 bits per heavy atom. The Labute approximate surface area is 82.0 Å². The Bertz CT molecular complexity index is 343. The highest BCUT2D eigenvalue weighted by Gasteiger charge is 1.98. The van der Waals surface area contributed by atoms with Gasteiger partial charge in [-0.05, 0) is 36.1 Å². The molecule has 13 heavy (non-hydrogen) atoms. The predicted octanol–water partition coefficient (Wildman–Crippen LogP) is 3.50. The Morgan fingerprint density at radius 3 is 2.92 bits per heavy atom. The van der Waals surface area contributed by atoms with Gasteiger partial charge in [0.15, 0.2) is 0 Å². The summed E-state index contributed by atoms with van der Waals surface area (Å²) in [7, 11) is 0. The molecule has 0 unspecified atom stereocenters. The molecule has 0 heterocycles. The first kappa shape index (κ1) is 9.90. The van der Waals surface area contributed by atoms with Crippen LogP contribution in [0.1, 0.15) is 11.1 Å². The Kier molecular flexibility index (Phi) is 3.62. The maximum atomic E-state index is 8.08. The molecule has 0 bridgehead atoms. The van der Waals surface area contributed by atoms with Crippen molar-refractivity contribution in [3.63, 3.8) is 0 Å². The molecule has 0 saturated heterocycles. The minimum atomic E-state index is 0.458. The molecule has 0 amide bonds. The van der Waals surface area contributed by atoms with E-state index < -0.39 is 0 Å². The van der Waals surface area contributed by atoms with Gasteiger partial charge in [-0.1, -0.05) is 28.8 Å². The highest BCUT2D eigenvalue weighted by atomic mass is 35.5. The molecule has 1 rings (SSSR count). The molecule has 0 aliphatic rings. The van der Waals surface area contributed by atoms with E-state index >= 15 is 0 Å². The first-order valence-corrected chi connectivity index (χ1v) is 4.37. The molecule has 1 aromatic carbocycles. The zero-order chi connectivity index (χ0) is 9.68. The van der Waals surface area contributed by atoms with Gasteiger partial charge in [0, 0.05) is 16.5 Å². The lowest BCUT2D eigenvalue weighted by molar-refractivity contribution is 0.955. The lowest BCUT2D eigenvalue weighted by atomic mass is 10.1. The quantitative estimate of drug-likeness (QED) is 0.403. The third-order valence-corrected chi connectivity index (χ3v) is 2.10. The van der Waals surface area contributed by atoms with Gasteiger partial charge in [-0.25, -0.2) is 0 Å². The van der Waals surface area contributed by atoms with E-state index in [4.69, 9.17) is 17.1 Å². The predicted molar refractivity (Wildman–Crippen MR) is 53.9 cm³/mol. The summed E-state index contributed by atoms with van der Waals surface area (Å²) in [6, 6.07) is 5.87. The molecule has 0 aliphatic carbocycles. The minimum Gasteiger partial charge on any atom is -0.0936 e. The van der Waals surface area contributed by atoms with E-state index in [1.54, 1.807) is 0 Å². The van der Waals surface area contributed by atoms with Crippen LogP contribution in [0.3, 0.4) is 0 Å². The second-order valence-corrected chi connectivity index (χ2v) is 3.21. The Hall–Kier alpha value is -1.18. The molecule has 0 fully saturated rings. The van der Waals surface area contributed by atoms with E-state index in [-0.39, 0.29) is 0 Å². The number of nitrogens with zero attached hydrogens (tertiary/aromatic N) is 3. The number of benzene rings is 1. The van der Waals surface area contributed by atoms with Crippen LogP contribution in [0, 0.1) is 6.92 Å². The SMILES string of the molecule is Cc1ccc(CCN=[N+]=[N-])c(Cl)c1. The second kappa shape index (κ2) is 4.75. The molecule has 0 aliphatic heterocycles. The summed E-state index contributed by atoms with van der Waals surface area (Å²) in [4.78, 5) is 2.68. The van der Waals surface area contributed by atoms with Gasteiger partial charge in [0.1, 0.15) is 0 Å². The summed E-state index contributed by atoms with van der Waals surface area (Å²) in [5.74, 6) is 0. The third kappa shape index (κ3) is 2.98. The summed E-state index contributed by atoms with van der Waals surface area (Å²) < 4.78 is 0. The zero-order valence-electron chi connectivity index (χ0n) is 7.37. The van der Waals surface area contributed by atoms with E-state index in [0.29, 0.717) is 13.0 Å². The van der Waals surface area contributed by atoms with Crippen molar-refractivity contribution in [3.05, 3.63) is 44.8 Å². The van der Waals surface area contributed by atoms with Gasteiger partial charge in [-0.2, -0.15) is 0 Å².